The first kappa shape index (κ1) is 13.2. The molecule has 0 bridgehead atoms. The molecule has 0 aliphatic rings. The largest absolute Gasteiger partial charge is 0.481 e. The molecule has 1 rings (SSSR count). The molecule has 0 unspecified atom stereocenters. The number of hydrogen-bond donors (Lipinski definition) is 1. The Kier molecular flexibility index (Phi) is 3.87. The Bertz CT molecular complexity index is 394. The molecule has 94 valence electrons. The highest BCUT2D eigenvalue weighted by molar-refractivity contribution is 5.96. The molecule has 1 N–H and O–H groups in total. The lowest BCUT2D eigenvalue weighted by molar-refractivity contribution is -0.163. The maximum absolute atomic E-state index is 12.6. The maximum Gasteiger partial charge on any atom is 0.383 e. The first-order valence-corrected chi connectivity index (χ1v) is 4.35. The first-order chi connectivity index (χ1) is 7.87. The summed E-state index contributed by atoms with van der Waals surface area (Å²) in [5.74, 6) is -6.62. The molecular formula is C9H8F4N2O2. The third-order valence-electron chi connectivity index (χ3n) is 1.78. The highest BCUT2D eigenvalue weighted by Gasteiger charge is 2.48. The Morgan fingerprint density at radius 3 is 2.53 bits per heavy atom. The van der Waals surface area contributed by atoms with E-state index in [9.17, 15) is 22.4 Å². The molecule has 0 spiro atoms. The number of carbonyl (C=O) groups excluding carboxylic acids is 1. The van der Waals surface area contributed by atoms with E-state index in [2.05, 4.69) is 9.72 Å². The molecule has 0 saturated heterocycles. The van der Waals surface area contributed by atoms with Crippen LogP contribution in [0.3, 0.4) is 0 Å². The summed E-state index contributed by atoms with van der Waals surface area (Å²) in [5, 5.41) is 1.63. The number of pyridine rings is 1. The van der Waals surface area contributed by atoms with Gasteiger partial charge in [0.2, 0.25) is 5.88 Å². The molecule has 0 aromatic carbocycles. The number of halogens is 4. The zero-order chi connectivity index (χ0) is 13.1. The number of alkyl halides is 4. The van der Waals surface area contributed by atoms with Gasteiger partial charge < -0.3 is 10.1 Å². The molecule has 0 saturated carbocycles. The maximum atomic E-state index is 12.6. The second kappa shape index (κ2) is 4.98. The van der Waals surface area contributed by atoms with E-state index in [0.29, 0.717) is 0 Å². The van der Waals surface area contributed by atoms with Gasteiger partial charge in [-0.3, -0.25) is 4.79 Å². The molecule has 1 heterocycles. The number of nitrogens with one attached hydrogen (secondary N) is 1. The van der Waals surface area contributed by atoms with Crippen LogP contribution in [-0.4, -0.2) is 30.3 Å². The van der Waals surface area contributed by atoms with E-state index in [1.807, 2.05) is 0 Å². The van der Waals surface area contributed by atoms with Crippen molar-refractivity contribution in [3.05, 3.63) is 18.3 Å². The van der Waals surface area contributed by atoms with Gasteiger partial charge in [0.25, 0.3) is 0 Å². The Morgan fingerprint density at radius 2 is 2.12 bits per heavy atom. The smallest absolute Gasteiger partial charge is 0.383 e. The SMILES string of the molecule is COc1ccc(NC(=O)C(F)(F)C(F)F)cn1. The molecule has 0 aliphatic carbocycles. The summed E-state index contributed by atoms with van der Waals surface area (Å²) in [6, 6.07) is 2.49. The molecule has 17 heavy (non-hydrogen) atoms. The summed E-state index contributed by atoms with van der Waals surface area (Å²) in [5.41, 5.74) is -0.129. The van der Waals surface area contributed by atoms with E-state index in [1.54, 1.807) is 5.32 Å². The number of hydrogen-bond acceptors (Lipinski definition) is 3. The van der Waals surface area contributed by atoms with E-state index in [0.717, 1.165) is 6.20 Å². The lowest BCUT2D eigenvalue weighted by atomic mass is 10.3. The number of ether oxygens (including phenoxy) is 1. The van der Waals surface area contributed by atoms with Crippen LogP contribution in [0.1, 0.15) is 0 Å². The van der Waals surface area contributed by atoms with E-state index in [4.69, 9.17) is 0 Å². The van der Waals surface area contributed by atoms with Crippen LogP contribution in [0.5, 0.6) is 5.88 Å². The fourth-order valence-corrected chi connectivity index (χ4v) is 0.889. The van der Waals surface area contributed by atoms with Gasteiger partial charge in [-0.15, -0.1) is 0 Å². The Hall–Kier alpha value is -1.86. The van der Waals surface area contributed by atoms with Crippen LogP contribution in [0, 0.1) is 0 Å². The van der Waals surface area contributed by atoms with Crippen molar-refractivity contribution in [3.8, 4) is 5.88 Å². The fourth-order valence-electron chi connectivity index (χ4n) is 0.889. The molecule has 4 nitrogen and oxygen atoms in total. The summed E-state index contributed by atoms with van der Waals surface area (Å²) in [6.07, 6.45) is -3.05. The van der Waals surface area contributed by atoms with Gasteiger partial charge in [-0.2, -0.15) is 8.78 Å². The molecule has 0 fully saturated rings. The van der Waals surface area contributed by atoms with Crippen molar-refractivity contribution in [1.29, 1.82) is 0 Å². The average Bonchev–Trinajstić information content (AvgIpc) is 2.29. The first-order valence-electron chi connectivity index (χ1n) is 4.35. The quantitative estimate of drug-likeness (QED) is 0.833. The topological polar surface area (TPSA) is 51.2 Å². The second-order valence-corrected chi connectivity index (χ2v) is 2.97. The van der Waals surface area contributed by atoms with E-state index in [-0.39, 0.29) is 11.6 Å². The summed E-state index contributed by atoms with van der Waals surface area (Å²) in [6.45, 7) is 0. The van der Waals surface area contributed by atoms with Crippen LogP contribution in [0.25, 0.3) is 0 Å². The number of anilines is 1. The van der Waals surface area contributed by atoms with E-state index >= 15 is 0 Å². The highest BCUT2D eigenvalue weighted by Crippen LogP contribution is 2.24. The van der Waals surface area contributed by atoms with Crippen molar-refractivity contribution in [1.82, 2.24) is 4.98 Å². The summed E-state index contributed by atoms with van der Waals surface area (Å²) in [4.78, 5) is 14.4. The molecular weight excluding hydrogens is 244 g/mol. The van der Waals surface area contributed by atoms with Gasteiger partial charge in [0.15, 0.2) is 0 Å². The van der Waals surface area contributed by atoms with Crippen molar-refractivity contribution < 1.29 is 27.1 Å². The Morgan fingerprint density at radius 1 is 1.47 bits per heavy atom. The summed E-state index contributed by atoms with van der Waals surface area (Å²) in [7, 11) is 1.34. The summed E-state index contributed by atoms with van der Waals surface area (Å²) >= 11 is 0. The molecule has 1 aromatic heterocycles. The molecule has 0 atom stereocenters. The van der Waals surface area contributed by atoms with Crippen LogP contribution in [0.2, 0.25) is 0 Å². The standard InChI is InChI=1S/C9H8F4N2O2/c1-17-6-3-2-5(4-14-6)15-8(16)9(12,13)7(10)11/h2-4,7H,1H3,(H,15,16). The third-order valence-corrected chi connectivity index (χ3v) is 1.78. The molecule has 0 radical (unpaired) electrons. The van der Waals surface area contributed by atoms with E-state index < -0.39 is 18.3 Å². The minimum absolute atomic E-state index is 0.129. The highest BCUT2D eigenvalue weighted by atomic mass is 19.3. The Balaban J connectivity index is 2.74. The fraction of sp³-hybridized carbons (Fsp3) is 0.333. The van der Waals surface area contributed by atoms with Gasteiger partial charge in [0.05, 0.1) is 19.0 Å². The zero-order valence-electron chi connectivity index (χ0n) is 8.58. The van der Waals surface area contributed by atoms with Crippen molar-refractivity contribution in [2.75, 3.05) is 12.4 Å². The predicted molar refractivity (Wildman–Crippen MR) is 50.4 cm³/mol. The summed E-state index contributed by atoms with van der Waals surface area (Å²) < 4.78 is 53.5. The van der Waals surface area contributed by atoms with Gasteiger partial charge >= 0.3 is 18.3 Å². The van der Waals surface area contributed by atoms with E-state index in [1.165, 1.54) is 19.2 Å². The monoisotopic (exact) mass is 252 g/mol. The molecule has 0 aliphatic heterocycles. The lowest BCUT2D eigenvalue weighted by Crippen LogP contribution is -2.40. The van der Waals surface area contributed by atoms with Crippen molar-refractivity contribution in [2.24, 2.45) is 0 Å². The minimum Gasteiger partial charge on any atom is -0.481 e. The van der Waals surface area contributed by atoms with Crippen molar-refractivity contribution in [3.63, 3.8) is 0 Å². The number of amides is 1. The molecule has 8 heteroatoms. The van der Waals surface area contributed by atoms with Gasteiger partial charge in [0, 0.05) is 6.07 Å². The van der Waals surface area contributed by atoms with Gasteiger partial charge in [-0.05, 0) is 6.07 Å². The van der Waals surface area contributed by atoms with Gasteiger partial charge in [0.1, 0.15) is 0 Å². The van der Waals surface area contributed by atoms with Crippen LogP contribution >= 0.6 is 0 Å². The van der Waals surface area contributed by atoms with Gasteiger partial charge in [-0.1, -0.05) is 0 Å². The number of nitrogens with zero attached hydrogens (tertiary/aromatic N) is 1. The third kappa shape index (κ3) is 3.05. The Labute approximate surface area is 93.6 Å². The average molecular weight is 252 g/mol. The van der Waals surface area contributed by atoms with Crippen LogP contribution < -0.4 is 10.1 Å². The van der Waals surface area contributed by atoms with Crippen LogP contribution in [0.15, 0.2) is 18.3 Å². The number of aromatic nitrogens is 1. The van der Waals surface area contributed by atoms with Crippen LogP contribution in [0.4, 0.5) is 23.2 Å². The van der Waals surface area contributed by atoms with Crippen LogP contribution in [-0.2, 0) is 4.79 Å². The molecule has 1 aromatic rings. The van der Waals surface area contributed by atoms with Crippen molar-refractivity contribution in [2.45, 2.75) is 12.3 Å². The lowest BCUT2D eigenvalue weighted by Gasteiger charge is -2.14. The van der Waals surface area contributed by atoms with Gasteiger partial charge in [-0.25, -0.2) is 13.8 Å². The number of methoxy groups -OCH3 is 1. The van der Waals surface area contributed by atoms with Crippen molar-refractivity contribution >= 4 is 11.6 Å². The number of rotatable bonds is 4. The second-order valence-electron chi connectivity index (χ2n) is 2.97. The minimum atomic E-state index is -4.74. The molecule has 1 amide bonds. The zero-order valence-corrected chi connectivity index (χ0v) is 8.58. The predicted octanol–water partition coefficient (Wildman–Crippen LogP) is 1.93. The normalized spacial score (nSPS) is 11.4. The number of carbonyl (C=O) groups is 1.